The zero-order chi connectivity index (χ0) is 18.8. The highest BCUT2D eigenvalue weighted by Gasteiger charge is 2.22. The lowest BCUT2D eigenvalue weighted by Gasteiger charge is -2.25. The molecule has 26 heavy (non-hydrogen) atoms. The molecule has 0 bridgehead atoms. The number of carbonyl (C=O) groups excluding carboxylic acids is 1. The third kappa shape index (κ3) is 6.18. The minimum atomic E-state index is -1.06. The first-order valence-electron chi connectivity index (χ1n) is 8.51. The number of aliphatic hydroxyl groups is 1. The molecule has 0 spiro atoms. The molecule has 1 amide bonds. The highest BCUT2D eigenvalue weighted by atomic mass is 16.3. The van der Waals surface area contributed by atoms with Crippen LogP contribution in [0, 0.1) is 0 Å². The molecule has 7 nitrogen and oxygen atoms in total. The van der Waals surface area contributed by atoms with Crippen LogP contribution >= 0.6 is 0 Å². The van der Waals surface area contributed by atoms with Crippen molar-refractivity contribution in [1.29, 1.82) is 0 Å². The Morgan fingerprint density at radius 2 is 1.96 bits per heavy atom. The number of carbonyl (C=O) groups is 1. The first-order valence-corrected chi connectivity index (χ1v) is 8.51. The van der Waals surface area contributed by atoms with Crippen LogP contribution in [-0.2, 0) is 10.4 Å². The number of aliphatic imine (C=N–C) groups is 1. The minimum absolute atomic E-state index is 0.0439. The maximum Gasteiger partial charge on any atom is 0.246 e. The molecular formula is C19H25N5O2. The predicted octanol–water partition coefficient (Wildman–Crippen LogP) is 1.48. The molecule has 1 atom stereocenters. The van der Waals surface area contributed by atoms with Gasteiger partial charge < -0.3 is 21.1 Å². The molecule has 0 saturated heterocycles. The molecule has 0 saturated carbocycles. The smallest absolute Gasteiger partial charge is 0.246 e. The van der Waals surface area contributed by atoms with Crippen molar-refractivity contribution >= 4 is 17.6 Å². The number of hydrogen-bond donors (Lipinski definition) is 4. The maximum atomic E-state index is 12.0. The Bertz CT molecular complexity index is 717. The van der Waals surface area contributed by atoms with Crippen LogP contribution in [-0.4, -0.2) is 41.6 Å². The van der Waals surface area contributed by atoms with Crippen LogP contribution in [0.5, 0.6) is 0 Å². The summed E-state index contributed by atoms with van der Waals surface area (Å²) >= 11 is 0. The average molecular weight is 355 g/mol. The fourth-order valence-electron chi connectivity index (χ4n) is 2.28. The number of anilines is 1. The van der Waals surface area contributed by atoms with Crippen LogP contribution in [0.15, 0.2) is 59.9 Å². The second-order valence-corrected chi connectivity index (χ2v) is 5.98. The van der Waals surface area contributed by atoms with E-state index in [-0.39, 0.29) is 19.0 Å². The number of nitrogens with zero attached hydrogens (tertiary/aromatic N) is 2. The topological polar surface area (TPSA) is 98.6 Å². The van der Waals surface area contributed by atoms with Gasteiger partial charge in [0, 0.05) is 12.7 Å². The summed E-state index contributed by atoms with van der Waals surface area (Å²) in [5, 5.41) is 19.5. The van der Waals surface area contributed by atoms with E-state index in [0.29, 0.717) is 18.2 Å². The lowest BCUT2D eigenvalue weighted by atomic mass is 9.96. The molecular weight excluding hydrogens is 330 g/mol. The Morgan fingerprint density at radius 1 is 1.19 bits per heavy atom. The molecule has 0 fully saturated rings. The first-order chi connectivity index (χ1) is 12.5. The first kappa shape index (κ1) is 19.4. The zero-order valence-electron chi connectivity index (χ0n) is 15.1. The van der Waals surface area contributed by atoms with Crippen molar-refractivity contribution in [3.05, 3.63) is 60.4 Å². The molecule has 1 aromatic heterocycles. The van der Waals surface area contributed by atoms with Gasteiger partial charge >= 0.3 is 0 Å². The summed E-state index contributed by atoms with van der Waals surface area (Å²) in [7, 11) is 0. The Balaban J connectivity index is 1.92. The van der Waals surface area contributed by atoms with E-state index in [1.54, 1.807) is 31.5 Å². The largest absolute Gasteiger partial charge is 0.384 e. The molecule has 2 rings (SSSR count). The van der Waals surface area contributed by atoms with E-state index in [4.69, 9.17) is 0 Å². The van der Waals surface area contributed by atoms with E-state index in [9.17, 15) is 9.90 Å². The third-order valence-corrected chi connectivity index (χ3v) is 3.67. The van der Waals surface area contributed by atoms with Crippen LogP contribution in [0.2, 0.25) is 0 Å². The van der Waals surface area contributed by atoms with Gasteiger partial charge in [-0.05, 0) is 31.5 Å². The van der Waals surface area contributed by atoms with Gasteiger partial charge in [-0.3, -0.25) is 9.78 Å². The molecule has 0 aliphatic carbocycles. The molecule has 0 radical (unpaired) electrons. The quantitative estimate of drug-likeness (QED) is 0.445. The van der Waals surface area contributed by atoms with Gasteiger partial charge in [0.25, 0.3) is 0 Å². The Kier molecular flexibility index (Phi) is 7.11. The van der Waals surface area contributed by atoms with Crippen LogP contribution in [0.3, 0.4) is 0 Å². The number of guanidine groups is 1. The summed E-state index contributed by atoms with van der Waals surface area (Å²) in [6, 6.07) is 12.9. The summed E-state index contributed by atoms with van der Waals surface area (Å²) < 4.78 is 0. The molecule has 4 N–H and O–H groups in total. The number of nitrogens with one attached hydrogen (secondary N) is 3. The highest BCUT2D eigenvalue weighted by Crippen LogP contribution is 2.18. The molecule has 1 aromatic carbocycles. The van der Waals surface area contributed by atoms with Crippen LogP contribution in [0.1, 0.15) is 19.4 Å². The zero-order valence-corrected chi connectivity index (χ0v) is 15.1. The lowest BCUT2D eigenvalue weighted by Crippen LogP contribution is -2.44. The molecule has 1 heterocycles. The van der Waals surface area contributed by atoms with Gasteiger partial charge in [0.2, 0.25) is 5.91 Å². The normalized spacial score (nSPS) is 13.6. The molecule has 0 aliphatic rings. The van der Waals surface area contributed by atoms with Gasteiger partial charge in [-0.25, -0.2) is 4.99 Å². The SMILES string of the molecule is CCNC(=NCC(=O)Nc1cccnc1)NCC(C)(O)c1ccccc1. The van der Waals surface area contributed by atoms with Gasteiger partial charge in [-0.2, -0.15) is 0 Å². The van der Waals surface area contributed by atoms with Crippen LogP contribution in [0.4, 0.5) is 5.69 Å². The Labute approximate surface area is 153 Å². The van der Waals surface area contributed by atoms with Crippen molar-refractivity contribution in [2.24, 2.45) is 4.99 Å². The van der Waals surface area contributed by atoms with E-state index >= 15 is 0 Å². The Morgan fingerprint density at radius 3 is 2.62 bits per heavy atom. The van der Waals surface area contributed by atoms with E-state index in [0.717, 1.165) is 5.56 Å². The van der Waals surface area contributed by atoms with E-state index in [1.807, 2.05) is 37.3 Å². The van der Waals surface area contributed by atoms with E-state index < -0.39 is 5.60 Å². The van der Waals surface area contributed by atoms with Crippen molar-refractivity contribution in [1.82, 2.24) is 15.6 Å². The van der Waals surface area contributed by atoms with Crippen molar-refractivity contribution < 1.29 is 9.90 Å². The monoisotopic (exact) mass is 355 g/mol. The van der Waals surface area contributed by atoms with Crippen molar-refractivity contribution in [2.75, 3.05) is 25.0 Å². The fraction of sp³-hybridized carbons (Fsp3) is 0.316. The number of hydrogen-bond acceptors (Lipinski definition) is 4. The lowest BCUT2D eigenvalue weighted by molar-refractivity contribution is -0.114. The Hall–Kier alpha value is -2.93. The van der Waals surface area contributed by atoms with E-state index in [1.165, 1.54) is 0 Å². The fourth-order valence-corrected chi connectivity index (χ4v) is 2.28. The molecule has 0 aliphatic heterocycles. The second kappa shape index (κ2) is 9.53. The number of rotatable bonds is 7. The van der Waals surface area contributed by atoms with Gasteiger partial charge in [0.1, 0.15) is 12.1 Å². The summed E-state index contributed by atoms with van der Waals surface area (Å²) in [5.41, 5.74) is 0.366. The van der Waals surface area contributed by atoms with Gasteiger partial charge in [0.05, 0.1) is 18.4 Å². The number of amides is 1. The van der Waals surface area contributed by atoms with Gasteiger partial charge in [0.15, 0.2) is 5.96 Å². The van der Waals surface area contributed by atoms with E-state index in [2.05, 4.69) is 25.9 Å². The average Bonchev–Trinajstić information content (AvgIpc) is 2.65. The molecule has 1 unspecified atom stereocenters. The number of benzene rings is 1. The minimum Gasteiger partial charge on any atom is -0.384 e. The number of aromatic nitrogens is 1. The molecule has 138 valence electrons. The molecule has 2 aromatic rings. The van der Waals surface area contributed by atoms with Gasteiger partial charge in [-0.1, -0.05) is 30.3 Å². The van der Waals surface area contributed by atoms with Crippen LogP contribution in [0.25, 0.3) is 0 Å². The van der Waals surface area contributed by atoms with Gasteiger partial charge in [-0.15, -0.1) is 0 Å². The van der Waals surface area contributed by atoms with Crippen molar-refractivity contribution in [3.63, 3.8) is 0 Å². The predicted molar refractivity (Wildman–Crippen MR) is 103 cm³/mol. The summed E-state index contributed by atoms with van der Waals surface area (Å²) in [5.74, 6) is 0.218. The highest BCUT2D eigenvalue weighted by molar-refractivity contribution is 5.93. The summed E-state index contributed by atoms with van der Waals surface area (Å²) in [6.07, 6.45) is 3.21. The molecule has 7 heteroatoms. The van der Waals surface area contributed by atoms with Crippen molar-refractivity contribution in [2.45, 2.75) is 19.4 Å². The second-order valence-electron chi connectivity index (χ2n) is 5.98. The number of pyridine rings is 1. The van der Waals surface area contributed by atoms with Crippen LogP contribution < -0.4 is 16.0 Å². The third-order valence-electron chi connectivity index (χ3n) is 3.67. The maximum absolute atomic E-state index is 12.0. The van der Waals surface area contributed by atoms with Crippen molar-refractivity contribution in [3.8, 4) is 0 Å². The summed E-state index contributed by atoms with van der Waals surface area (Å²) in [4.78, 5) is 20.2. The standard InChI is InChI=1S/C19H25N5O2/c1-3-21-18(22-13-17(25)24-16-10-7-11-20-12-16)23-14-19(2,26)15-8-5-4-6-9-15/h4-12,26H,3,13-14H2,1-2H3,(H,24,25)(H2,21,22,23). The summed E-state index contributed by atoms with van der Waals surface area (Å²) in [6.45, 7) is 4.52.